The van der Waals surface area contributed by atoms with Gasteiger partial charge in [0.25, 0.3) is 0 Å². The molecule has 0 bridgehead atoms. The number of thioether (sulfide) groups is 1. The normalized spacial score (nSPS) is 16.6. The van der Waals surface area contributed by atoms with E-state index in [-0.39, 0.29) is 17.5 Å². The summed E-state index contributed by atoms with van der Waals surface area (Å²) in [5.74, 6) is 1.44. The van der Waals surface area contributed by atoms with Crippen LogP contribution in [-0.4, -0.2) is 28.1 Å². The standard InChI is InChI=1S/C21H28N2O2S/c1-5-17(24)11-15-8-7-9-16(10-15)12-18(25)13-26-21-19(6-2)20(14(3)4)22-23-21/h7-10,14,19H,5-6,11-13H2,1-4H3. The molecule has 1 heterocycles. The summed E-state index contributed by atoms with van der Waals surface area (Å²) in [6, 6.07) is 7.79. The van der Waals surface area contributed by atoms with Gasteiger partial charge in [0.15, 0.2) is 0 Å². The number of nitrogens with zero attached hydrogens (tertiary/aromatic N) is 2. The summed E-state index contributed by atoms with van der Waals surface area (Å²) in [6.45, 7) is 8.27. The van der Waals surface area contributed by atoms with Crippen LogP contribution in [0.4, 0.5) is 0 Å². The van der Waals surface area contributed by atoms with Crippen LogP contribution in [0.25, 0.3) is 0 Å². The second kappa shape index (κ2) is 9.81. The van der Waals surface area contributed by atoms with Crippen LogP contribution in [0.15, 0.2) is 34.5 Å². The van der Waals surface area contributed by atoms with Gasteiger partial charge in [0.1, 0.15) is 16.6 Å². The fourth-order valence-electron chi connectivity index (χ4n) is 3.04. The van der Waals surface area contributed by atoms with E-state index in [2.05, 4.69) is 31.0 Å². The zero-order valence-electron chi connectivity index (χ0n) is 16.1. The lowest BCUT2D eigenvalue weighted by molar-refractivity contribution is -0.118. The van der Waals surface area contributed by atoms with Crippen molar-refractivity contribution in [3.05, 3.63) is 35.4 Å². The van der Waals surface area contributed by atoms with E-state index in [1.165, 1.54) is 11.8 Å². The van der Waals surface area contributed by atoms with Gasteiger partial charge in [-0.15, -0.1) is 16.9 Å². The van der Waals surface area contributed by atoms with E-state index < -0.39 is 0 Å². The molecule has 1 aliphatic heterocycles. The molecule has 140 valence electrons. The van der Waals surface area contributed by atoms with Gasteiger partial charge in [0.05, 0.1) is 11.5 Å². The van der Waals surface area contributed by atoms with Gasteiger partial charge >= 0.3 is 0 Å². The van der Waals surface area contributed by atoms with Crippen molar-refractivity contribution in [2.45, 2.75) is 53.4 Å². The Kier molecular flexibility index (Phi) is 7.76. The minimum absolute atomic E-state index is 0.171. The Balaban J connectivity index is 1.88. The fourth-order valence-corrected chi connectivity index (χ4v) is 4.04. The highest BCUT2D eigenvalue weighted by molar-refractivity contribution is 8.14. The molecular formula is C21H28N2O2S. The van der Waals surface area contributed by atoms with Gasteiger partial charge in [-0.1, -0.05) is 52.0 Å². The molecule has 5 heteroatoms. The topological polar surface area (TPSA) is 58.9 Å². The second-order valence-electron chi connectivity index (χ2n) is 6.97. The van der Waals surface area contributed by atoms with Crippen molar-refractivity contribution in [2.24, 2.45) is 22.0 Å². The molecule has 4 nitrogen and oxygen atoms in total. The first-order chi connectivity index (χ1) is 12.4. The van der Waals surface area contributed by atoms with E-state index in [4.69, 9.17) is 0 Å². The highest BCUT2D eigenvalue weighted by Gasteiger charge is 2.28. The van der Waals surface area contributed by atoms with Gasteiger partial charge in [-0.05, 0) is 23.5 Å². The van der Waals surface area contributed by atoms with Gasteiger partial charge in [0.2, 0.25) is 0 Å². The highest BCUT2D eigenvalue weighted by atomic mass is 32.2. The van der Waals surface area contributed by atoms with Gasteiger partial charge in [-0.3, -0.25) is 9.59 Å². The Morgan fingerprint density at radius 1 is 1.08 bits per heavy atom. The van der Waals surface area contributed by atoms with Crippen molar-refractivity contribution < 1.29 is 9.59 Å². The monoisotopic (exact) mass is 372 g/mol. The fraction of sp³-hybridized carbons (Fsp3) is 0.524. The predicted molar refractivity (Wildman–Crippen MR) is 110 cm³/mol. The molecule has 2 rings (SSSR count). The van der Waals surface area contributed by atoms with Crippen molar-refractivity contribution in [3.8, 4) is 0 Å². The van der Waals surface area contributed by atoms with E-state index in [1.54, 1.807) is 0 Å². The first-order valence-corrected chi connectivity index (χ1v) is 10.3. The molecule has 1 unspecified atom stereocenters. The SMILES string of the molecule is CCC(=O)Cc1cccc(CC(=O)CSC2=NN=C(C(C)C)C2CC)c1. The van der Waals surface area contributed by atoms with E-state index >= 15 is 0 Å². The molecule has 0 amide bonds. The van der Waals surface area contributed by atoms with Crippen LogP contribution in [-0.2, 0) is 22.4 Å². The molecule has 0 saturated carbocycles. The number of hydrogen-bond donors (Lipinski definition) is 0. The van der Waals surface area contributed by atoms with Gasteiger partial charge in [0, 0.05) is 25.2 Å². The van der Waals surface area contributed by atoms with Crippen LogP contribution in [0.5, 0.6) is 0 Å². The molecule has 1 aliphatic rings. The van der Waals surface area contributed by atoms with Crippen molar-refractivity contribution in [1.82, 2.24) is 0 Å². The minimum Gasteiger partial charge on any atom is -0.299 e. The molecule has 1 aromatic rings. The zero-order chi connectivity index (χ0) is 19.1. The summed E-state index contributed by atoms with van der Waals surface area (Å²) in [4.78, 5) is 24.0. The maximum absolute atomic E-state index is 12.4. The molecule has 1 aromatic carbocycles. The molecule has 1 atom stereocenters. The maximum Gasteiger partial charge on any atom is 0.147 e. The van der Waals surface area contributed by atoms with E-state index in [0.717, 1.165) is 28.3 Å². The number of rotatable bonds is 9. The summed E-state index contributed by atoms with van der Waals surface area (Å²) in [5, 5.41) is 9.59. The van der Waals surface area contributed by atoms with Crippen LogP contribution >= 0.6 is 11.8 Å². The molecule has 0 saturated heterocycles. The van der Waals surface area contributed by atoms with E-state index in [1.807, 2.05) is 31.2 Å². The quantitative estimate of drug-likeness (QED) is 0.641. The number of ketones is 2. The van der Waals surface area contributed by atoms with Crippen LogP contribution < -0.4 is 0 Å². The summed E-state index contributed by atoms with van der Waals surface area (Å²) in [7, 11) is 0. The van der Waals surface area contributed by atoms with Crippen LogP contribution in [0.3, 0.4) is 0 Å². The largest absolute Gasteiger partial charge is 0.299 e. The molecular weight excluding hydrogens is 344 g/mol. The summed E-state index contributed by atoms with van der Waals surface area (Å²) in [6.07, 6.45) is 2.34. The first-order valence-electron chi connectivity index (χ1n) is 9.33. The summed E-state index contributed by atoms with van der Waals surface area (Å²) >= 11 is 1.52. The average molecular weight is 373 g/mol. The summed E-state index contributed by atoms with van der Waals surface area (Å²) in [5.41, 5.74) is 3.07. The van der Waals surface area contributed by atoms with E-state index in [0.29, 0.717) is 30.9 Å². The predicted octanol–water partition coefficient (Wildman–Crippen LogP) is 4.50. The average Bonchev–Trinajstić information content (AvgIpc) is 3.03. The number of benzene rings is 1. The summed E-state index contributed by atoms with van der Waals surface area (Å²) < 4.78 is 0. The smallest absolute Gasteiger partial charge is 0.147 e. The van der Waals surface area contributed by atoms with Crippen molar-refractivity contribution in [3.63, 3.8) is 0 Å². The lowest BCUT2D eigenvalue weighted by atomic mass is 9.94. The third-order valence-electron chi connectivity index (χ3n) is 4.49. The van der Waals surface area contributed by atoms with Crippen LogP contribution in [0.2, 0.25) is 0 Å². The Hall–Kier alpha value is -1.75. The lowest BCUT2D eigenvalue weighted by Gasteiger charge is -2.15. The Labute approximate surface area is 160 Å². The molecule has 0 spiro atoms. The van der Waals surface area contributed by atoms with Crippen molar-refractivity contribution in [1.29, 1.82) is 0 Å². The molecule has 0 aliphatic carbocycles. The maximum atomic E-state index is 12.4. The number of Topliss-reactive ketones (excluding diaryl/α,β-unsaturated/α-hetero) is 2. The van der Waals surface area contributed by atoms with Crippen LogP contribution in [0.1, 0.15) is 51.7 Å². The molecule has 0 N–H and O–H groups in total. The number of carbonyl (C=O) groups is 2. The Morgan fingerprint density at radius 3 is 2.31 bits per heavy atom. The molecule has 0 aromatic heterocycles. The lowest BCUT2D eigenvalue weighted by Crippen LogP contribution is -2.22. The first kappa shape index (κ1) is 20.6. The van der Waals surface area contributed by atoms with Crippen molar-refractivity contribution >= 4 is 34.1 Å². The Morgan fingerprint density at radius 2 is 1.73 bits per heavy atom. The van der Waals surface area contributed by atoms with Crippen LogP contribution in [0, 0.1) is 11.8 Å². The third kappa shape index (κ3) is 5.63. The molecule has 0 fully saturated rings. The molecule has 0 radical (unpaired) electrons. The Bertz CT molecular complexity index is 722. The third-order valence-corrected chi connectivity index (χ3v) is 5.62. The zero-order valence-corrected chi connectivity index (χ0v) is 16.9. The second-order valence-corrected chi connectivity index (χ2v) is 7.97. The van der Waals surface area contributed by atoms with Gasteiger partial charge in [-0.25, -0.2) is 0 Å². The van der Waals surface area contributed by atoms with Gasteiger partial charge < -0.3 is 0 Å². The minimum atomic E-state index is 0.171. The number of carbonyl (C=O) groups excluding carboxylic acids is 2. The van der Waals surface area contributed by atoms with Crippen molar-refractivity contribution in [2.75, 3.05) is 5.75 Å². The van der Waals surface area contributed by atoms with E-state index in [9.17, 15) is 9.59 Å². The van der Waals surface area contributed by atoms with Gasteiger partial charge in [-0.2, -0.15) is 5.10 Å². The highest BCUT2D eigenvalue weighted by Crippen LogP contribution is 2.27. The number of hydrogen-bond acceptors (Lipinski definition) is 5. The molecule has 26 heavy (non-hydrogen) atoms.